The molecule has 0 spiro atoms. The van der Waals surface area contributed by atoms with Crippen molar-refractivity contribution >= 4 is 28.8 Å². The SMILES string of the molecule is O=C(CNc1cc(-c2ccccc2)nc2ncnn12)N1CCc2sccc2C1. The van der Waals surface area contributed by atoms with E-state index in [-0.39, 0.29) is 12.5 Å². The van der Waals surface area contributed by atoms with Crippen molar-refractivity contribution < 1.29 is 4.79 Å². The van der Waals surface area contributed by atoms with Gasteiger partial charge in [0.05, 0.1) is 12.2 Å². The van der Waals surface area contributed by atoms with Crippen molar-refractivity contribution in [3.8, 4) is 11.3 Å². The molecule has 3 aromatic heterocycles. The number of carbonyl (C=O) groups excluding carboxylic acids is 1. The number of carbonyl (C=O) groups is 1. The van der Waals surface area contributed by atoms with Crippen molar-refractivity contribution in [1.29, 1.82) is 0 Å². The number of hydrogen-bond acceptors (Lipinski definition) is 6. The van der Waals surface area contributed by atoms with Gasteiger partial charge in [-0.05, 0) is 23.4 Å². The highest BCUT2D eigenvalue weighted by Gasteiger charge is 2.21. The van der Waals surface area contributed by atoms with E-state index >= 15 is 0 Å². The van der Waals surface area contributed by atoms with Gasteiger partial charge in [0.1, 0.15) is 12.1 Å². The summed E-state index contributed by atoms with van der Waals surface area (Å²) in [6.45, 7) is 1.65. The molecule has 0 saturated carbocycles. The van der Waals surface area contributed by atoms with Crippen LogP contribution in [0, 0.1) is 0 Å². The summed E-state index contributed by atoms with van der Waals surface area (Å²) in [4.78, 5) is 24.8. The fourth-order valence-corrected chi connectivity index (χ4v) is 4.32. The van der Waals surface area contributed by atoms with E-state index < -0.39 is 0 Å². The molecule has 0 unspecified atom stereocenters. The third-order valence-electron chi connectivity index (χ3n) is 4.90. The van der Waals surface area contributed by atoms with E-state index in [1.807, 2.05) is 41.3 Å². The van der Waals surface area contributed by atoms with Crippen LogP contribution in [0.2, 0.25) is 0 Å². The van der Waals surface area contributed by atoms with E-state index in [0.717, 1.165) is 24.2 Å². The maximum atomic E-state index is 12.7. The first-order valence-electron chi connectivity index (χ1n) is 9.11. The van der Waals surface area contributed by atoms with Crippen molar-refractivity contribution in [1.82, 2.24) is 24.5 Å². The lowest BCUT2D eigenvalue weighted by Crippen LogP contribution is -2.39. The number of nitrogens with one attached hydrogen (secondary N) is 1. The van der Waals surface area contributed by atoms with Gasteiger partial charge in [-0.1, -0.05) is 30.3 Å². The molecule has 140 valence electrons. The minimum absolute atomic E-state index is 0.0724. The monoisotopic (exact) mass is 390 g/mol. The highest BCUT2D eigenvalue weighted by Crippen LogP contribution is 2.24. The summed E-state index contributed by atoms with van der Waals surface area (Å²) >= 11 is 1.77. The molecule has 0 atom stereocenters. The van der Waals surface area contributed by atoms with Crippen LogP contribution < -0.4 is 5.32 Å². The molecule has 1 aliphatic rings. The number of hydrogen-bond donors (Lipinski definition) is 1. The van der Waals surface area contributed by atoms with Gasteiger partial charge in [-0.3, -0.25) is 4.79 Å². The quantitative estimate of drug-likeness (QED) is 0.580. The molecule has 0 fully saturated rings. The smallest absolute Gasteiger partial charge is 0.254 e. The number of rotatable bonds is 4. The first kappa shape index (κ1) is 16.9. The summed E-state index contributed by atoms with van der Waals surface area (Å²) in [5, 5.41) is 9.55. The van der Waals surface area contributed by atoms with Gasteiger partial charge in [0.15, 0.2) is 0 Å². The Hall–Kier alpha value is -3.26. The van der Waals surface area contributed by atoms with Gasteiger partial charge in [-0.25, -0.2) is 4.98 Å². The van der Waals surface area contributed by atoms with Gasteiger partial charge in [0.2, 0.25) is 5.91 Å². The molecule has 28 heavy (non-hydrogen) atoms. The van der Waals surface area contributed by atoms with E-state index in [4.69, 9.17) is 0 Å². The van der Waals surface area contributed by atoms with Gasteiger partial charge in [0, 0.05) is 29.6 Å². The summed E-state index contributed by atoms with van der Waals surface area (Å²) in [5.41, 5.74) is 3.04. The van der Waals surface area contributed by atoms with Gasteiger partial charge in [0.25, 0.3) is 5.78 Å². The second kappa shape index (κ2) is 7.05. The van der Waals surface area contributed by atoms with Gasteiger partial charge in [-0.15, -0.1) is 11.3 Å². The molecule has 0 radical (unpaired) electrons. The van der Waals surface area contributed by atoms with Gasteiger partial charge < -0.3 is 10.2 Å². The number of thiophene rings is 1. The van der Waals surface area contributed by atoms with Crippen molar-refractivity contribution in [3.63, 3.8) is 0 Å². The molecule has 0 saturated heterocycles. The van der Waals surface area contributed by atoms with Crippen molar-refractivity contribution in [2.75, 3.05) is 18.4 Å². The first-order chi connectivity index (χ1) is 13.8. The Morgan fingerprint density at radius 1 is 1.21 bits per heavy atom. The minimum atomic E-state index is 0.0724. The Morgan fingerprint density at radius 3 is 3.00 bits per heavy atom. The predicted octanol–water partition coefficient (Wildman–Crippen LogP) is 2.85. The third-order valence-corrected chi connectivity index (χ3v) is 5.93. The van der Waals surface area contributed by atoms with Crippen LogP contribution in [-0.4, -0.2) is 43.5 Å². The topological polar surface area (TPSA) is 75.4 Å². The summed E-state index contributed by atoms with van der Waals surface area (Å²) in [7, 11) is 0. The average molecular weight is 390 g/mol. The largest absolute Gasteiger partial charge is 0.361 e. The second-order valence-electron chi connectivity index (χ2n) is 6.65. The minimum Gasteiger partial charge on any atom is -0.361 e. The maximum Gasteiger partial charge on any atom is 0.254 e. The zero-order chi connectivity index (χ0) is 18.9. The van der Waals surface area contributed by atoms with Crippen LogP contribution >= 0.6 is 11.3 Å². The molecule has 1 amide bonds. The van der Waals surface area contributed by atoms with E-state index in [9.17, 15) is 4.79 Å². The Kier molecular flexibility index (Phi) is 4.25. The lowest BCUT2D eigenvalue weighted by atomic mass is 10.1. The Labute approximate surface area is 165 Å². The number of nitrogens with zero attached hydrogens (tertiary/aromatic N) is 5. The molecule has 1 aliphatic heterocycles. The summed E-state index contributed by atoms with van der Waals surface area (Å²) < 4.78 is 1.62. The van der Waals surface area contributed by atoms with Crippen LogP contribution in [0.25, 0.3) is 17.0 Å². The Bertz CT molecular complexity index is 1140. The van der Waals surface area contributed by atoms with Crippen LogP contribution in [0.1, 0.15) is 10.4 Å². The van der Waals surface area contributed by atoms with Gasteiger partial charge in [-0.2, -0.15) is 14.6 Å². The lowest BCUT2D eigenvalue weighted by molar-refractivity contribution is -0.130. The van der Waals surface area contributed by atoms with Crippen LogP contribution in [-0.2, 0) is 17.8 Å². The molecule has 4 heterocycles. The number of anilines is 1. The van der Waals surface area contributed by atoms with Crippen molar-refractivity contribution in [2.45, 2.75) is 13.0 Å². The maximum absolute atomic E-state index is 12.7. The Balaban J connectivity index is 1.36. The van der Waals surface area contributed by atoms with Crippen LogP contribution in [0.4, 0.5) is 5.82 Å². The highest BCUT2D eigenvalue weighted by atomic mass is 32.1. The van der Waals surface area contributed by atoms with E-state index in [2.05, 4.69) is 31.8 Å². The zero-order valence-electron chi connectivity index (χ0n) is 15.1. The average Bonchev–Trinajstić information content (AvgIpc) is 3.40. The fraction of sp³-hybridized carbons (Fsp3) is 0.200. The van der Waals surface area contributed by atoms with Crippen LogP contribution in [0.15, 0.2) is 54.2 Å². The standard InChI is InChI=1S/C20H18N6OS/c27-19(25-8-6-17-15(12-25)7-9-28-17)11-21-18-10-16(14-4-2-1-3-5-14)24-20-22-13-23-26(18)20/h1-5,7,9-10,13,21H,6,8,11-12H2. The summed E-state index contributed by atoms with van der Waals surface area (Å²) in [6.07, 6.45) is 2.40. The molecular formula is C20H18N6OS. The molecule has 0 aliphatic carbocycles. The normalized spacial score (nSPS) is 13.5. The lowest BCUT2D eigenvalue weighted by Gasteiger charge is -2.27. The second-order valence-corrected chi connectivity index (χ2v) is 7.65. The van der Waals surface area contributed by atoms with Gasteiger partial charge >= 0.3 is 0 Å². The molecule has 5 rings (SSSR count). The first-order valence-corrected chi connectivity index (χ1v) is 9.99. The molecule has 8 heteroatoms. The van der Waals surface area contributed by atoms with Crippen LogP contribution in [0.5, 0.6) is 0 Å². The van der Waals surface area contributed by atoms with E-state index in [0.29, 0.717) is 18.1 Å². The summed E-state index contributed by atoms with van der Waals surface area (Å²) in [5.74, 6) is 1.27. The van der Waals surface area contributed by atoms with Crippen molar-refractivity contribution in [2.24, 2.45) is 0 Å². The molecule has 4 aromatic rings. The molecule has 1 N–H and O–H groups in total. The number of benzene rings is 1. The van der Waals surface area contributed by atoms with Crippen molar-refractivity contribution in [3.05, 3.63) is 64.6 Å². The number of fused-ring (bicyclic) bond motifs is 2. The number of aromatic nitrogens is 4. The van der Waals surface area contributed by atoms with Crippen LogP contribution in [0.3, 0.4) is 0 Å². The Morgan fingerprint density at radius 2 is 2.11 bits per heavy atom. The molecule has 0 bridgehead atoms. The predicted molar refractivity (Wildman–Crippen MR) is 108 cm³/mol. The molecule has 1 aromatic carbocycles. The fourth-order valence-electron chi connectivity index (χ4n) is 3.43. The molecule has 7 nitrogen and oxygen atoms in total. The zero-order valence-corrected chi connectivity index (χ0v) is 15.9. The highest BCUT2D eigenvalue weighted by molar-refractivity contribution is 7.10. The third kappa shape index (κ3) is 3.11. The molecular weight excluding hydrogens is 372 g/mol. The summed E-state index contributed by atoms with van der Waals surface area (Å²) in [6, 6.07) is 13.9. The van der Waals surface area contributed by atoms with E-state index in [1.54, 1.807) is 15.9 Å². The number of amides is 1. The van der Waals surface area contributed by atoms with E-state index in [1.165, 1.54) is 16.8 Å².